The minimum Gasteiger partial charge on any atom is -0.306 e. The highest BCUT2D eigenvalue weighted by Gasteiger charge is 2.30. The minimum atomic E-state index is 0.122. The van der Waals surface area contributed by atoms with Gasteiger partial charge < -0.3 is 4.90 Å². The van der Waals surface area contributed by atoms with Crippen LogP contribution in [-0.4, -0.2) is 10.9 Å². The molecule has 0 aliphatic heterocycles. The smallest absolute Gasteiger partial charge is 0.230 e. The molecule has 0 saturated heterocycles. The molecule has 2 saturated carbocycles. The van der Waals surface area contributed by atoms with Gasteiger partial charge >= 0.3 is 0 Å². The molecule has 144 valence electrons. The normalized spacial score (nSPS) is 17.5. The van der Waals surface area contributed by atoms with Crippen molar-refractivity contribution in [1.29, 1.82) is 5.26 Å². The molecule has 2 aromatic rings. The van der Waals surface area contributed by atoms with Crippen LogP contribution in [-0.2, 0) is 11.3 Å². The van der Waals surface area contributed by atoms with E-state index in [1.54, 1.807) is 12.1 Å². The number of rotatable bonds is 5. The van der Waals surface area contributed by atoms with Crippen LogP contribution in [0.2, 0.25) is 0 Å². The number of hydrogen-bond acceptors (Lipinski definition) is 3. The molecule has 0 bridgehead atoms. The van der Waals surface area contributed by atoms with Crippen molar-refractivity contribution in [2.24, 2.45) is 5.92 Å². The lowest BCUT2D eigenvalue weighted by atomic mass is 9.84. The van der Waals surface area contributed by atoms with Gasteiger partial charge in [-0.25, -0.2) is 0 Å². The highest BCUT2D eigenvalue weighted by atomic mass is 16.2. The lowest BCUT2D eigenvalue weighted by Gasteiger charge is -2.31. The van der Waals surface area contributed by atoms with E-state index in [1.807, 2.05) is 23.2 Å². The van der Waals surface area contributed by atoms with E-state index in [0.717, 1.165) is 30.6 Å². The van der Waals surface area contributed by atoms with E-state index in [2.05, 4.69) is 18.2 Å². The third-order valence-corrected chi connectivity index (χ3v) is 6.27. The van der Waals surface area contributed by atoms with E-state index in [1.165, 1.54) is 37.7 Å². The van der Waals surface area contributed by atoms with Gasteiger partial charge in [-0.1, -0.05) is 31.7 Å². The van der Waals surface area contributed by atoms with E-state index < -0.39 is 0 Å². The summed E-state index contributed by atoms with van der Waals surface area (Å²) >= 11 is 0. The van der Waals surface area contributed by atoms with Gasteiger partial charge in [0, 0.05) is 17.8 Å². The van der Waals surface area contributed by atoms with Crippen LogP contribution in [0.4, 0.5) is 5.69 Å². The topological polar surface area (TPSA) is 57.0 Å². The van der Waals surface area contributed by atoms with Crippen LogP contribution in [0.15, 0.2) is 42.6 Å². The second-order valence-electron chi connectivity index (χ2n) is 8.13. The number of carbonyl (C=O) groups is 1. The molecule has 0 unspecified atom stereocenters. The fourth-order valence-corrected chi connectivity index (χ4v) is 4.26. The van der Waals surface area contributed by atoms with Gasteiger partial charge in [-0.3, -0.25) is 9.78 Å². The summed E-state index contributed by atoms with van der Waals surface area (Å²) in [4.78, 5) is 19.6. The van der Waals surface area contributed by atoms with Crippen molar-refractivity contribution in [2.75, 3.05) is 4.90 Å². The van der Waals surface area contributed by atoms with Crippen LogP contribution >= 0.6 is 0 Å². The first-order valence-corrected chi connectivity index (χ1v) is 10.5. The van der Waals surface area contributed by atoms with E-state index >= 15 is 0 Å². The first kappa shape index (κ1) is 18.7. The minimum absolute atomic E-state index is 0.122. The Morgan fingerprint density at radius 3 is 2.32 bits per heavy atom. The van der Waals surface area contributed by atoms with Crippen molar-refractivity contribution in [3.8, 4) is 6.07 Å². The molecule has 1 aromatic carbocycles. The summed E-state index contributed by atoms with van der Waals surface area (Å²) in [5, 5.41) is 9.04. The van der Waals surface area contributed by atoms with Gasteiger partial charge in [0.05, 0.1) is 23.9 Å². The molecule has 1 amide bonds. The molecule has 4 nitrogen and oxygen atoms in total. The van der Waals surface area contributed by atoms with E-state index in [-0.39, 0.29) is 11.8 Å². The second-order valence-corrected chi connectivity index (χ2v) is 8.13. The van der Waals surface area contributed by atoms with Gasteiger partial charge in [-0.15, -0.1) is 0 Å². The molecular weight excluding hydrogens is 346 g/mol. The lowest BCUT2D eigenvalue weighted by molar-refractivity contribution is -0.124. The molecule has 4 rings (SSSR count). The monoisotopic (exact) mass is 373 g/mol. The number of benzene rings is 1. The van der Waals surface area contributed by atoms with Crippen molar-refractivity contribution in [1.82, 2.24) is 4.98 Å². The van der Waals surface area contributed by atoms with Crippen LogP contribution < -0.4 is 4.90 Å². The zero-order chi connectivity index (χ0) is 19.3. The van der Waals surface area contributed by atoms with Crippen molar-refractivity contribution < 1.29 is 4.79 Å². The average molecular weight is 374 g/mol. The highest BCUT2D eigenvalue weighted by molar-refractivity contribution is 5.95. The number of nitriles is 1. The maximum atomic E-state index is 13.0. The maximum Gasteiger partial charge on any atom is 0.230 e. The molecule has 0 N–H and O–H groups in total. The number of pyridine rings is 1. The molecule has 2 aliphatic carbocycles. The quantitative estimate of drug-likeness (QED) is 0.711. The number of amides is 1. The van der Waals surface area contributed by atoms with E-state index in [4.69, 9.17) is 10.2 Å². The molecule has 0 spiro atoms. The largest absolute Gasteiger partial charge is 0.306 e. The van der Waals surface area contributed by atoms with Crippen molar-refractivity contribution in [2.45, 2.75) is 63.8 Å². The van der Waals surface area contributed by atoms with Crippen LogP contribution in [0.3, 0.4) is 0 Å². The third-order valence-electron chi connectivity index (χ3n) is 6.27. The number of nitrogens with zero attached hydrogens (tertiary/aromatic N) is 3. The first-order chi connectivity index (χ1) is 13.7. The summed E-state index contributed by atoms with van der Waals surface area (Å²) in [5.74, 6) is 0.938. The summed E-state index contributed by atoms with van der Waals surface area (Å²) in [7, 11) is 0. The van der Waals surface area contributed by atoms with Crippen molar-refractivity contribution in [3.05, 3.63) is 59.4 Å². The summed E-state index contributed by atoms with van der Waals surface area (Å²) in [6.45, 7) is 0.478. The van der Waals surface area contributed by atoms with Gasteiger partial charge in [-0.05, 0) is 67.5 Å². The number of carbonyl (C=O) groups excluding carboxylic acids is 1. The predicted octanol–water partition coefficient (Wildman–Crippen LogP) is 5.33. The fourth-order valence-electron chi connectivity index (χ4n) is 4.26. The lowest BCUT2D eigenvalue weighted by Crippen LogP contribution is -2.38. The highest BCUT2D eigenvalue weighted by Crippen LogP contribution is 2.33. The number of hydrogen-bond donors (Lipinski definition) is 0. The Kier molecular flexibility index (Phi) is 5.71. The van der Waals surface area contributed by atoms with E-state index in [0.29, 0.717) is 18.0 Å². The molecule has 2 fully saturated rings. The zero-order valence-electron chi connectivity index (χ0n) is 16.3. The van der Waals surface area contributed by atoms with Crippen LogP contribution in [0, 0.1) is 17.2 Å². The average Bonchev–Trinajstić information content (AvgIpc) is 2.72. The molecule has 2 aliphatic rings. The van der Waals surface area contributed by atoms with Crippen LogP contribution in [0.1, 0.15) is 74.1 Å². The van der Waals surface area contributed by atoms with Gasteiger partial charge in [0.25, 0.3) is 0 Å². The van der Waals surface area contributed by atoms with Crippen LogP contribution in [0.5, 0.6) is 0 Å². The third kappa shape index (κ3) is 4.09. The van der Waals surface area contributed by atoms with Crippen molar-refractivity contribution >= 4 is 11.6 Å². The molecule has 28 heavy (non-hydrogen) atoms. The Hall–Kier alpha value is -2.67. The number of anilines is 1. The summed E-state index contributed by atoms with van der Waals surface area (Å²) in [5.41, 5.74) is 3.69. The Bertz CT molecular complexity index is 841. The molecule has 1 aromatic heterocycles. The van der Waals surface area contributed by atoms with Gasteiger partial charge in [0.15, 0.2) is 0 Å². The fraction of sp³-hybridized carbons (Fsp3) is 0.458. The number of aromatic nitrogens is 1. The van der Waals surface area contributed by atoms with Gasteiger partial charge in [0.2, 0.25) is 5.91 Å². The Morgan fingerprint density at radius 1 is 1.00 bits per heavy atom. The molecule has 0 atom stereocenters. The summed E-state index contributed by atoms with van der Waals surface area (Å²) < 4.78 is 0. The Morgan fingerprint density at radius 2 is 1.75 bits per heavy atom. The first-order valence-electron chi connectivity index (χ1n) is 10.5. The van der Waals surface area contributed by atoms with E-state index in [9.17, 15) is 4.79 Å². The Labute approximate surface area is 167 Å². The maximum absolute atomic E-state index is 13.0. The van der Waals surface area contributed by atoms with Gasteiger partial charge in [-0.2, -0.15) is 5.26 Å². The molecule has 4 heteroatoms. The molecule has 1 heterocycles. The van der Waals surface area contributed by atoms with Crippen LogP contribution in [0.25, 0.3) is 0 Å². The molecular formula is C24H27N3O. The predicted molar refractivity (Wildman–Crippen MR) is 110 cm³/mol. The summed E-state index contributed by atoms with van der Waals surface area (Å²) in [6, 6.07) is 13.7. The SMILES string of the molecule is N#Cc1ccc(N(Cc2ccc(C3CCCCC3)cn2)C(=O)C2CCC2)cc1. The molecule has 0 radical (unpaired) electrons. The summed E-state index contributed by atoms with van der Waals surface area (Å²) in [6.07, 6.45) is 11.6. The van der Waals surface area contributed by atoms with Gasteiger partial charge in [0.1, 0.15) is 0 Å². The zero-order valence-corrected chi connectivity index (χ0v) is 16.3. The standard InChI is InChI=1S/C24H27N3O/c25-15-18-9-13-23(14-10-18)27(24(28)20-7-4-8-20)17-22-12-11-21(16-26-22)19-5-2-1-3-6-19/h9-14,16,19-20H,1-8,17H2. The second kappa shape index (κ2) is 8.56. The Balaban J connectivity index is 1.52. The van der Waals surface area contributed by atoms with Crippen molar-refractivity contribution in [3.63, 3.8) is 0 Å².